The van der Waals surface area contributed by atoms with Crippen LogP contribution < -0.4 is 24.3 Å². The first kappa shape index (κ1) is 32.2. The summed E-state index contributed by atoms with van der Waals surface area (Å²) >= 11 is 0. The molecule has 240 valence electrons. The van der Waals surface area contributed by atoms with Crippen LogP contribution in [0.3, 0.4) is 0 Å². The zero-order valence-electron chi connectivity index (χ0n) is 27.6. The molecule has 2 atom stereocenters. The van der Waals surface area contributed by atoms with Gasteiger partial charge in [-0.25, -0.2) is 0 Å². The summed E-state index contributed by atoms with van der Waals surface area (Å²) in [5.41, 5.74) is 6.87. The molecule has 1 fully saturated rings. The molecule has 3 heterocycles. The number of methoxy groups -OCH3 is 4. The van der Waals surface area contributed by atoms with Gasteiger partial charge in [0.25, 0.3) is 0 Å². The van der Waals surface area contributed by atoms with E-state index in [1.807, 2.05) is 74.5 Å². The number of carbonyl (C=O) groups excluding carboxylic acids is 1. The minimum Gasteiger partial charge on any atom is -0.496 e. The molecule has 3 aromatic carbocycles. The number of ether oxygens (including phenoxy) is 4. The second-order valence-electron chi connectivity index (χ2n) is 11.6. The van der Waals surface area contributed by atoms with Crippen molar-refractivity contribution in [2.75, 3.05) is 28.4 Å². The van der Waals surface area contributed by atoms with Crippen molar-refractivity contribution in [2.24, 2.45) is 0 Å². The van der Waals surface area contributed by atoms with Crippen molar-refractivity contribution in [3.8, 4) is 45.3 Å². The number of nitrogens with zero attached hydrogens (tertiary/aromatic N) is 2. The van der Waals surface area contributed by atoms with Gasteiger partial charge in [-0.3, -0.25) is 14.8 Å². The van der Waals surface area contributed by atoms with Gasteiger partial charge in [0, 0.05) is 46.9 Å². The molecule has 1 aliphatic rings. The second kappa shape index (κ2) is 13.9. The van der Waals surface area contributed by atoms with E-state index in [-0.39, 0.29) is 17.1 Å². The standard InChI is InChI=1S/C39H39N2O5P/c1-24-12-7-16-29(40-24)35-22-26(42)23-36(30-17-8-13-25(2)41-30)47(35)39-27(37-31(43-3)18-10-19-32(37)44-4)14-9-15-28(39)38-33(45-5)20-11-21-34(38)46-6/h7-21,35-36H,22-23H2,1-6H3. The first-order valence-corrected chi connectivity index (χ1v) is 17.1. The molecule has 2 aromatic heterocycles. The Morgan fingerprint density at radius 3 is 1.28 bits per heavy atom. The SMILES string of the molecule is COc1cccc(OC)c1-c1cccc(-c2c(OC)cccc2OC)c1P1C(c2cccc(C)n2)CC(=O)CC1c1cccc(C)n1. The minimum atomic E-state index is -1.22. The first-order valence-electron chi connectivity index (χ1n) is 15.6. The van der Waals surface area contributed by atoms with Crippen LogP contribution in [0.4, 0.5) is 0 Å². The molecule has 6 rings (SSSR count). The maximum absolute atomic E-state index is 13.8. The Bertz CT molecular complexity index is 1750. The van der Waals surface area contributed by atoms with Crippen LogP contribution in [0, 0.1) is 13.8 Å². The molecule has 0 saturated carbocycles. The highest BCUT2D eigenvalue weighted by atomic mass is 31.1. The largest absolute Gasteiger partial charge is 0.496 e. The predicted octanol–water partition coefficient (Wildman–Crippen LogP) is 8.41. The van der Waals surface area contributed by atoms with E-state index in [1.54, 1.807) is 28.4 Å². The molecule has 0 amide bonds. The fourth-order valence-corrected chi connectivity index (χ4v) is 10.3. The molecule has 0 bridgehead atoms. The van der Waals surface area contributed by atoms with Gasteiger partial charge in [-0.2, -0.15) is 0 Å². The smallest absolute Gasteiger partial charge is 0.134 e. The first-order chi connectivity index (χ1) is 22.9. The molecular weight excluding hydrogens is 607 g/mol. The maximum atomic E-state index is 13.8. The van der Waals surface area contributed by atoms with E-state index in [2.05, 4.69) is 30.3 Å². The lowest BCUT2D eigenvalue weighted by atomic mass is 9.96. The van der Waals surface area contributed by atoms with Crippen LogP contribution in [0.1, 0.15) is 46.9 Å². The number of aryl methyl sites for hydroxylation is 2. The Hall–Kier alpha value is -4.74. The Labute approximate surface area is 277 Å². The number of Topliss-reactive ketones (excluding diaryl/α,β-unsaturated/α-hetero) is 1. The molecule has 2 unspecified atom stereocenters. The number of carbonyl (C=O) groups is 1. The van der Waals surface area contributed by atoms with Crippen LogP contribution in [0.2, 0.25) is 0 Å². The van der Waals surface area contributed by atoms with Gasteiger partial charge < -0.3 is 18.9 Å². The number of benzene rings is 3. The van der Waals surface area contributed by atoms with Gasteiger partial charge >= 0.3 is 0 Å². The van der Waals surface area contributed by atoms with E-state index in [0.29, 0.717) is 35.8 Å². The van der Waals surface area contributed by atoms with E-state index in [9.17, 15) is 4.79 Å². The summed E-state index contributed by atoms with van der Waals surface area (Å²) in [6.07, 6.45) is 0.759. The second-order valence-corrected chi connectivity index (χ2v) is 14.1. The third kappa shape index (κ3) is 6.20. The molecule has 8 heteroatoms. The van der Waals surface area contributed by atoms with Crippen LogP contribution >= 0.6 is 7.92 Å². The van der Waals surface area contributed by atoms with Crippen molar-refractivity contribution in [1.82, 2.24) is 9.97 Å². The van der Waals surface area contributed by atoms with Crippen LogP contribution in [0.25, 0.3) is 22.3 Å². The number of hydrogen-bond donors (Lipinski definition) is 0. The zero-order chi connectivity index (χ0) is 33.1. The van der Waals surface area contributed by atoms with E-state index in [0.717, 1.165) is 50.3 Å². The number of rotatable bonds is 9. The highest BCUT2D eigenvalue weighted by Crippen LogP contribution is 2.68. The summed E-state index contributed by atoms with van der Waals surface area (Å²) in [5, 5.41) is 1.09. The van der Waals surface area contributed by atoms with Crippen molar-refractivity contribution in [1.29, 1.82) is 0 Å². The molecule has 7 nitrogen and oxygen atoms in total. The normalized spacial score (nSPS) is 17.7. The van der Waals surface area contributed by atoms with E-state index < -0.39 is 7.92 Å². The predicted molar refractivity (Wildman–Crippen MR) is 188 cm³/mol. The molecule has 0 radical (unpaired) electrons. The summed E-state index contributed by atoms with van der Waals surface area (Å²) in [7, 11) is 5.48. The van der Waals surface area contributed by atoms with Crippen LogP contribution in [-0.4, -0.2) is 44.2 Å². The Kier molecular flexibility index (Phi) is 9.55. The van der Waals surface area contributed by atoms with E-state index in [4.69, 9.17) is 28.9 Å². The molecule has 0 aliphatic carbocycles. The number of ketones is 1. The van der Waals surface area contributed by atoms with E-state index >= 15 is 0 Å². The Morgan fingerprint density at radius 2 is 0.915 bits per heavy atom. The van der Waals surface area contributed by atoms with Crippen LogP contribution in [-0.2, 0) is 4.79 Å². The molecule has 47 heavy (non-hydrogen) atoms. The van der Waals surface area contributed by atoms with Gasteiger partial charge in [-0.05, 0) is 78.8 Å². The van der Waals surface area contributed by atoms with Crippen molar-refractivity contribution in [2.45, 2.75) is 38.0 Å². The molecule has 1 saturated heterocycles. The molecule has 1 aliphatic heterocycles. The summed E-state index contributed by atoms with van der Waals surface area (Å²) in [6.45, 7) is 3.99. The summed E-state index contributed by atoms with van der Waals surface area (Å²) in [6, 6.07) is 30.1. The summed E-state index contributed by atoms with van der Waals surface area (Å²) in [4.78, 5) is 23.8. The van der Waals surface area contributed by atoms with Gasteiger partial charge in [0.1, 0.15) is 28.8 Å². The monoisotopic (exact) mass is 646 g/mol. The zero-order valence-corrected chi connectivity index (χ0v) is 28.5. The van der Waals surface area contributed by atoms with Crippen LogP contribution in [0.15, 0.2) is 91.0 Å². The fourth-order valence-electron chi connectivity index (χ4n) is 6.69. The fraction of sp³-hybridized carbons (Fsp3) is 0.256. The Morgan fingerprint density at radius 1 is 0.553 bits per heavy atom. The van der Waals surface area contributed by atoms with Crippen molar-refractivity contribution >= 4 is 19.0 Å². The van der Waals surface area contributed by atoms with E-state index in [1.165, 1.54) is 0 Å². The average molecular weight is 647 g/mol. The highest BCUT2D eigenvalue weighted by Gasteiger charge is 2.43. The lowest BCUT2D eigenvalue weighted by Crippen LogP contribution is -2.27. The van der Waals surface area contributed by atoms with Crippen LogP contribution in [0.5, 0.6) is 23.0 Å². The number of pyridine rings is 2. The molecular formula is C39H39N2O5P. The summed E-state index contributed by atoms with van der Waals surface area (Å²) < 4.78 is 24.0. The molecule has 5 aromatic rings. The van der Waals surface area contributed by atoms with Crippen molar-refractivity contribution in [3.05, 3.63) is 114 Å². The topological polar surface area (TPSA) is 79.8 Å². The van der Waals surface area contributed by atoms with Crippen molar-refractivity contribution in [3.63, 3.8) is 0 Å². The average Bonchev–Trinajstić information content (AvgIpc) is 3.10. The third-order valence-electron chi connectivity index (χ3n) is 8.70. The number of aromatic nitrogens is 2. The molecule has 0 N–H and O–H groups in total. The maximum Gasteiger partial charge on any atom is 0.134 e. The highest BCUT2D eigenvalue weighted by molar-refractivity contribution is 7.67. The van der Waals surface area contributed by atoms with Gasteiger partial charge in [0.05, 0.1) is 39.6 Å². The van der Waals surface area contributed by atoms with Gasteiger partial charge in [-0.1, -0.05) is 50.4 Å². The quantitative estimate of drug-likeness (QED) is 0.149. The lowest BCUT2D eigenvalue weighted by molar-refractivity contribution is -0.119. The minimum absolute atomic E-state index is 0.181. The summed E-state index contributed by atoms with van der Waals surface area (Å²) in [5.74, 6) is 2.96. The van der Waals surface area contributed by atoms with Gasteiger partial charge in [0.15, 0.2) is 0 Å². The third-order valence-corrected chi connectivity index (χ3v) is 11.9. The number of hydrogen-bond acceptors (Lipinski definition) is 7. The van der Waals surface area contributed by atoms with Crippen molar-refractivity contribution < 1.29 is 23.7 Å². The molecule has 0 spiro atoms. The van der Waals surface area contributed by atoms with Gasteiger partial charge in [-0.15, -0.1) is 0 Å². The lowest BCUT2D eigenvalue weighted by Gasteiger charge is -2.40. The Balaban J connectivity index is 1.78. The van der Waals surface area contributed by atoms with Gasteiger partial charge in [0.2, 0.25) is 0 Å².